The Bertz CT molecular complexity index is 483. The summed E-state index contributed by atoms with van der Waals surface area (Å²) in [5.41, 5.74) is 1.78. The first-order valence-corrected chi connectivity index (χ1v) is 7.25. The second-order valence-electron chi connectivity index (χ2n) is 5.46. The van der Waals surface area contributed by atoms with E-state index in [-0.39, 0.29) is 18.1 Å². The summed E-state index contributed by atoms with van der Waals surface area (Å²) < 4.78 is 5.66. The summed E-state index contributed by atoms with van der Waals surface area (Å²) in [6.45, 7) is 7.96. The van der Waals surface area contributed by atoms with Crippen molar-refractivity contribution in [2.75, 3.05) is 25.0 Å². The molecule has 1 aliphatic rings. The number of nitrogens with one attached hydrogen (secondary N) is 1. The molecule has 0 radical (unpaired) electrons. The van der Waals surface area contributed by atoms with Crippen LogP contribution in [0, 0.1) is 6.92 Å². The molecule has 1 aromatic rings. The predicted octanol–water partition coefficient (Wildman–Crippen LogP) is 2.70. The van der Waals surface area contributed by atoms with Crippen LogP contribution in [0.1, 0.15) is 19.4 Å². The van der Waals surface area contributed by atoms with Crippen LogP contribution < -0.4 is 5.32 Å². The lowest BCUT2D eigenvalue weighted by Gasteiger charge is -2.34. The quantitative estimate of drug-likeness (QED) is 0.932. The first-order valence-electron chi connectivity index (χ1n) is 6.88. The van der Waals surface area contributed by atoms with Crippen molar-refractivity contribution in [2.24, 2.45) is 0 Å². The molecule has 4 nitrogen and oxygen atoms in total. The molecule has 2 rings (SSSR count). The highest BCUT2D eigenvalue weighted by atomic mass is 35.5. The molecule has 20 heavy (non-hydrogen) atoms. The maximum atomic E-state index is 12.1. The van der Waals surface area contributed by atoms with Gasteiger partial charge in [-0.2, -0.15) is 0 Å². The van der Waals surface area contributed by atoms with Crippen molar-refractivity contribution >= 4 is 23.2 Å². The van der Waals surface area contributed by atoms with Crippen molar-refractivity contribution in [1.29, 1.82) is 0 Å². The predicted molar refractivity (Wildman–Crippen MR) is 81.3 cm³/mol. The summed E-state index contributed by atoms with van der Waals surface area (Å²) in [7, 11) is 0. The largest absolute Gasteiger partial charge is 0.373 e. The number of hydrogen-bond donors (Lipinski definition) is 1. The third kappa shape index (κ3) is 4.20. The van der Waals surface area contributed by atoms with E-state index in [2.05, 4.69) is 10.2 Å². The molecular weight excluding hydrogens is 276 g/mol. The van der Waals surface area contributed by atoms with E-state index in [0.717, 1.165) is 24.3 Å². The van der Waals surface area contributed by atoms with Crippen molar-refractivity contribution in [3.05, 3.63) is 28.8 Å². The number of aryl methyl sites for hydroxylation is 1. The Labute approximate surface area is 125 Å². The van der Waals surface area contributed by atoms with Crippen LogP contribution in [0.15, 0.2) is 18.2 Å². The number of rotatable bonds is 3. The molecule has 1 aliphatic heterocycles. The summed E-state index contributed by atoms with van der Waals surface area (Å²) in [6.07, 6.45) is 0.340. The van der Waals surface area contributed by atoms with Crippen LogP contribution in [0.4, 0.5) is 5.69 Å². The topological polar surface area (TPSA) is 41.6 Å². The number of carbonyl (C=O) groups is 1. The van der Waals surface area contributed by atoms with E-state index in [1.807, 2.05) is 32.9 Å². The van der Waals surface area contributed by atoms with Gasteiger partial charge in [0, 0.05) is 23.8 Å². The summed E-state index contributed by atoms with van der Waals surface area (Å²) in [5.74, 6) is -0.00303. The molecule has 1 amide bonds. The van der Waals surface area contributed by atoms with Crippen LogP contribution in [0.2, 0.25) is 5.02 Å². The van der Waals surface area contributed by atoms with Crippen molar-refractivity contribution in [1.82, 2.24) is 4.90 Å². The summed E-state index contributed by atoms with van der Waals surface area (Å²) >= 11 is 5.91. The van der Waals surface area contributed by atoms with Gasteiger partial charge < -0.3 is 10.1 Å². The Morgan fingerprint density at radius 2 is 2.05 bits per heavy atom. The zero-order chi connectivity index (χ0) is 14.7. The summed E-state index contributed by atoms with van der Waals surface area (Å²) in [6, 6.07) is 5.46. The number of ether oxygens (including phenoxy) is 1. The first-order chi connectivity index (χ1) is 9.44. The van der Waals surface area contributed by atoms with Gasteiger partial charge in [0.1, 0.15) is 0 Å². The Kier molecular flexibility index (Phi) is 5.02. The Balaban J connectivity index is 1.92. The SMILES string of the molecule is Cc1cc(Cl)ccc1NC(=O)CN1C[C@@H](C)O[C@H](C)C1. The van der Waals surface area contributed by atoms with E-state index in [4.69, 9.17) is 16.3 Å². The maximum Gasteiger partial charge on any atom is 0.238 e. The van der Waals surface area contributed by atoms with Gasteiger partial charge in [-0.05, 0) is 44.5 Å². The van der Waals surface area contributed by atoms with Gasteiger partial charge in [0.2, 0.25) is 5.91 Å². The third-order valence-corrected chi connectivity index (χ3v) is 3.56. The molecule has 0 bridgehead atoms. The Morgan fingerprint density at radius 1 is 1.40 bits per heavy atom. The van der Waals surface area contributed by atoms with Crippen LogP contribution in [0.5, 0.6) is 0 Å². The van der Waals surface area contributed by atoms with E-state index in [1.165, 1.54) is 0 Å². The number of nitrogens with zero attached hydrogens (tertiary/aromatic N) is 1. The van der Waals surface area contributed by atoms with E-state index in [9.17, 15) is 4.79 Å². The van der Waals surface area contributed by atoms with Gasteiger partial charge in [0.05, 0.1) is 18.8 Å². The summed E-state index contributed by atoms with van der Waals surface area (Å²) in [4.78, 5) is 14.2. The molecular formula is C15H21ClN2O2. The van der Waals surface area contributed by atoms with Crippen LogP contribution >= 0.6 is 11.6 Å². The van der Waals surface area contributed by atoms with Gasteiger partial charge in [0.25, 0.3) is 0 Å². The second-order valence-corrected chi connectivity index (χ2v) is 5.90. The molecule has 1 N–H and O–H groups in total. The fourth-order valence-electron chi connectivity index (χ4n) is 2.57. The highest BCUT2D eigenvalue weighted by Crippen LogP contribution is 2.19. The molecule has 2 atom stereocenters. The number of halogens is 1. The van der Waals surface area contributed by atoms with Crippen molar-refractivity contribution in [3.8, 4) is 0 Å². The highest BCUT2D eigenvalue weighted by Gasteiger charge is 2.23. The number of hydrogen-bond acceptors (Lipinski definition) is 3. The molecule has 1 heterocycles. The lowest BCUT2D eigenvalue weighted by Crippen LogP contribution is -2.48. The number of carbonyl (C=O) groups excluding carboxylic acids is 1. The first kappa shape index (κ1) is 15.3. The monoisotopic (exact) mass is 296 g/mol. The zero-order valence-corrected chi connectivity index (χ0v) is 12.9. The van der Waals surface area contributed by atoms with Crippen LogP contribution in [-0.4, -0.2) is 42.6 Å². The van der Waals surface area contributed by atoms with Crippen molar-refractivity contribution in [2.45, 2.75) is 33.0 Å². The molecule has 1 saturated heterocycles. The average Bonchev–Trinajstić information content (AvgIpc) is 2.31. The third-order valence-electron chi connectivity index (χ3n) is 3.32. The van der Waals surface area contributed by atoms with Gasteiger partial charge in [-0.15, -0.1) is 0 Å². The minimum Gasteiger partial charge on any atom is -0.373 e. The van der Waals surface area contributed by atoms with Gasteiger partial charge in [-0.3, -0.25) is 9.69 Å². The lowest BCUT2D eigenvalue weighted by molar-refractivity contribution is -0.121. The van der Waals surface area contributed by atoms with E-state index < -0.39 is 0 Å². The standard InChI is InChI=1S/C15H21ClN2O2/c1-10-6-13(16)4-5-14(10)17-15(19)9-18-7-11(2)20-12(3)8-18/h4-6,11-12H,7-9H2,1-3H3,(H,17,19)/t11-,12-/m1/s1. The number of benzene rings is 1. The van der Waals surface area contributed by atoms with Crippen LogP contribution in [0.25, 0.3) is 0 Å². The number of amides is 1. The maximum absolute atomic E-state index is 12.1. The van der Waals surface area contributed by atoms with Gasteiger partial charge >= 0.3 is 0 Å². The zero-order valence-electron chi connectivity index (χ0n) is 12.1. The van der Waals surface area contributed by atoms with Crippen LogP contribution in [-0.2, 0) is 9.53 Å². The molecule has 1 aromatic carbocycles. The molecule has 0 saturated carbocycles. The van der Waals surface area contributed by atoms with Gasteiger partial charge in [-0.1, -0.05) is 11.6 Å². The molecule has 0 spiro atoms. The van der Waals surface area contributed by atoms with Crippen molar-refractivity contribution < 1.29 is 9.53 Å². The summed E-state index contributed by atoms with van der Waals surface area (Å²) in [5, 5.41) is 3.61. The van der Waals surface area contributed by atoms with Gasteiger partial charge in [0.15, 0.2) is 0 Å². The normalized spacial score (nSPS) is 23.6. The smallest absolute Gasteiger partial charge is 0.238 e. The minimum absolute atomic E-state index is 0.00303. The van der Waals surface area contributed by atoms with E-state index >= 15 is 0 Å². The average molecular weight is 297 g/mol. The molecule has 1 fully saturated rings. The van der Waals surface area contributed by atoms with Gasteiger partial charge in [-0.25, -0.2) is 0 Å². The van der Waals surface area contributed by atoms with E-state index in [0.29, 0.717) is 11.6 Å². The molecule has 0 aromatic heterocycles. The van der Waals surface area contributed by atoms with Crippen LogP contribution in [0.3, 0.4) is 0 Å². The molecule has 0 unspecified atom stereocenters. The fraction of sp³-hybridized carbons (Fsp3) is 0.533. The lowest BCUT2D eigenvalue weighted by atomic mass is 10.2. The Morgan fingerprint density at radius 3 is 2.65 bits per heavy atom. The van der Waals surface area contributed by atoms with Crippen molar-refractivity contribution in [3.63, 3.8) is 0 Å². The number of anilines is 1. The number of morpholine rings is 1. The minimum atomic E-state index is -0.00303. The van der Waals surface area contributed by atoms with E-state index in [1.54, 1.807) is 6.07 Å². The second kappa shape index (κ2) is 6.57. The molecule has 110 valence electrons. The molecule has 0 aliphatic carbocycles. The highest BCUT2D eigenvalue weighted by molar-refractivity contribution is 6.30. The molecule has 5 heteroatoms. The Hall–Kier alpha value is -1.10. The fourth-order valence-corrected chi connectivity index (χ4v) is 2.80.